The Morgan fingerprint density at radius 2 is 1.67 bits per heavy atom. The first-order chi connectivity index (χ1) is 15.8. The minimum Gasteiger partial charge on any atom is -0.507 e. The van der Waals surface area contributed by atoms with Gasteiger partial charge in [-0.05, 0) is 62.7 Å². The van der Waals surface area contributed by atoms with E-state index in [1.165, 1.54) is 29.2 Å². The standard InChI is InChI=1S/C27H24FNO4/c1-16(2)33-22-6-4-5-19(15-22)25(30)23-24(18-9-11-20(28)12-10-18)29(27(32)26(23)31)21-13-7-17(3)8-14-21/h4-16,24,30H,1-3H3/b25-23-. The van der Waals surface area contributed by atoms with Crippen LogP contribution in [-0.4, -0.2) is 22.9 Å². The van der Waals surface area contributed by atoms with E-state index in [1.807, 2.05) is 32.9 Å². The topological polar surface area (TPSA) is 66.8 Å². The van der Waals surface area contributed by atoms with Gasteiger partial charge in [0, 0.05) is 11.3 Å². The summed E-state index contributed by atoms with van der Waals surface area (Å²) < 4.78 is 19.3. The number of carbonyl (C=O) groups excluding carboxylic acids is 2. The lowest BCUT2D eigenvalue weighted by Crippen LogP contribution is -2.29. The molecular formula is C27H24FNO4. The van der Waals surface area contributed by atoms with Crippen molar-refractivity contribution in [2.45, 2.75) is 32.9 Å². The maximum Gasteiger partial charge on any atom is 0.300 e. The fourth-order valence-electron chi connectivity index (χ4n) is 3.91. The maximum absolute atomic E-state index is 13.6. The second kappa shape index (κ2) is 8.90. The molecule has 0 spiro atoms. The van der Waals surface area contributed by atoms with Gasteiger partial charge in [-0.25, -0.2) is 4.39 Å². The van der Waals surface area contributed by atoms with E-state index < -0.39 is 23.5 Å². The molecule has 1 fully saturated rings. The third-order valence-electron chi connectivity index (χ3n) is 5.42. The molecule has 1 atom stereocenters. The number of hydrogen-bond acceptors (Lipinski definition) is 4. The molecule has 3 aromatic carbocycles. The third kappa shape index (κ3) is 4.37. The molecule has 4 rings (SSSR count). The zero-order valence-electron chi connectivity index (χ0n) is 18.6. The van der Waals surface area contributed by atoms with Crippen LogP contribution in [0, 0.1) is 12.7 Å². The summed E-state index contributed by atoms with van der Waals surface area (Å²) >= 11 is 0. The van der Waals surface area contributed by atoms with E-state index >= 15 is 0 Å². The van der Waals surface area contributed by atoms with Crippen molar-refractivity contribution in [3.05, 3.63) is 101 Å². The number of aliphatic hydroxyl groups is 1. The van der Waals surface area contributed by atoms with Crippen LogP contribution in [-0.2, 0) is 9.59 Å². The Labute approximate surface area is 191 Å². The Kier molecular flexibility index (Phi) is 6.01. The van der Waals surface area contributed by atoms with Crippen LogP contribution in [0.2, 0.25) is 0 Å². The lowest BCUT2D eigenvalue weighted by atomic mass is 9.95. The van der Waals surface area contributed by atoms with Crippen molar-refractivity contribution in [3.8, 4) is 5.75 Å². The summed E-state index contributed by atoms with van der Waals surface area (Å²) in [6.07, 6.45) is -0.0753. The Morgan fingerprint density at radius 1 is 1.00 bits per heavy atom. The predicted molar refractivity (Wildman–Crippen MR) is 125 cm³/mol. The second-order valence-corrected chi connectivity index (χ2v) is 8.25. The first kappa shape index (κ1) is 22.3. The molecule has 5 nitrogen and oxygen atoms in total. The average Bonchev–Trinajstić information content (AvgIpc) is 3.05. The number of rotatable bonds is 5. The van der Waals surface area contributed by atoms with E-state index in [-0.39, 0.29) is 17.4 Å². The van der Waals surface area contributed by atoms with Crippen molar-refractivity contribution in [1.29, 1.82) is 0 Å². The third-order valence-corrected chi connectivity index (χ3v) is 5.42. The van der Waals surface area contributed by atoms with Gasteiger partial charge in [0.15, 0.2) is 0 Å². The predicted octanol–water partition coefficient (Wildman–Crippen LogP) is 5.55. The van der Waals surface area contributed by atoms with Gasteiger partial charge in [0.25, 0.3) is 11.7 Å². The minimum absolute atomic E-state index is 0.0612. The van der Waals surface area contributed by atoms with Crippen LogP contribution >= 0.6 is 0 Å². The minimum atomic E-state index is -0.914. The Hall–Kier alpha value is -3.93. The summed E-state index contributed by atoms with van der Waals surface area (Å²) in [4.78, 5) is 27.6. The number of aryl methyl sites for hydroxylation is 1. The molecule has 33 heavy (non-hydrogen) atoms. The maximum atomic E-state index is 13.6. The van der Waals surface area contributed by atoms with Gasteiger partial charge in [-0.2, -0.15) is 0 Å². The summed E-state index contributed by atoms with van der Waals surface area (Å²) in [6.45, 7) is 5.68. The lowest BCUT2D eigenvalue weighted by molar-refractivity contribution is -0.132. The quantitative estimate of drug-likeness (QED) is 0.318. The summed E-state index contributed by atoms with van der Waals surface area (Å²) in [5, 5.41) is 11.2. The number of hydrogen-bond donors (Lipinski definition) is 1. The Morgan fingerprint density at radius 3 is 2.30 bits per heavy atom. The van der Waals surface area contributed by atoms with Crippen molar-refractivity contribution in [1.82, 2.24) is 0 Å². The highest BCUT2D eigenvalue weighted by Crippen LogP contribution is 2.42. The van der Waals surface area contributed by atoms with Crippen LogP contribution in [0.15, 0.2) is 78.4 Å². The number of ether oxygens (including phenoxy) is 1. The number of carbonyl (C=O) groups is 2. The second-order valence-electron chi connectivity index (χ2n) is 8.25. The van der Waals surface area contributed by atoms with Crippen LogP contribution in [0.3, 0.4) is 0 Å². The largest absolute Gasteiger partial charge is 0.507 e. The molecule has 1 aliphatic heterocycles. The first-order valence-electron chi connectivity index (χ1n) is 10.7. The van der Waals surface area contributed by atoms with Crippen molar-refractivity contribution in [3.63, 3.8) is 0 Å². The molecule has 1 amide bonds. The van der Waals surface area contributed by atoms with Crippen LogP contribution in [0.25, 0.3) is 5.76 Å². The highest BCUT2D eigenvalue weighted by molar-refractivity contribution is 6.51. The normalized spacial score (nSPS) is 17.6. The van der Waals surface area contributed by atoms with E-state index in [0.717, 1.165) is 5.56 Å². The number of halogens is 1. The van der Waals surface area contributed by atoms with Crippen molar-refractivity contribution < 1.29 is 23.8 Å². The van der Waals surface area contributed by atoms with Gasteiger partial charge in [0.2, 0.25) is 0 Å². The molecule has 0 saturated carbocycles. The van der Waals surface area contributed by atoms with Crippen LogP contribution in [0.1, 0.15) is 36.6 Å². The van der Waals surface area contributed by atoms with E-state index in [0.29, 0.717) is 22.6 Å². The summed E-state index contributed by atoms with van der Waals surface area (Å²) in [7, 11) is 0. The SMILES string of the molecule is Cc1ccc(N2C(=O)C(=O)/C(=C(\O)c3cccc(OC(C)C)c3)C2c2ccc(F)cc2)cc1. The number of nitrogens with zero attached hydrogens (tertiary/aromatic N) is 1. The van der Waals surface area contributed by atoms with Gasteiger partial charge >= 0.3 is 0 Å². The molecule has 0 aliphatic carbocycles. The zero-order chi connectivity index (χ0) is 23.7. The summed E-state index contributed by atoms with van der Waals surface area (Å²) in [5.41, 5.74) is 2.30. The molecular weight excluding hydrogens is 421 g/mol. The van der Waals surface area contributed by atoms with E-state index in [2.05, 4.69) is 0 Å². The van der Waals surface area contributed by atoms with Crippen molar-refractivity contribution in [2.75, 3.05) is 4.90 Å². The fourth-order valence-corrected chi connectivity index (χ4v) is 3.91. The smallest absolute Gasteiger partial charge is 0.300 e. The van der Waals surface area contributed by atoms with Crippen molar-refractivity contribution in [2.24, 2.45) is 0 Å². The van der Waals surface area contributed by atoms with Crippen molar-refractivity contribution >= 4 is 23.1 Å². The van der Waals surface area contributed by atoms with Crippen LogP contribution < -0.4 is 9.64 Å². The lowest BCUT2D eigenvalue weighted by Gasteiger charge is -2.25. The average molecular weight is 445 g/mol. The highest BCUT2D eigenvalue weighted by Gasteiger charge is 2.47. The van der Waals surface area contributed by atoms with Gasteiger partial charge in [-0.15, -0.1) is 0 Å². The van der Waals surface area contributed by atoms with Gasteiger partial charge in [-0.3, -0.25) is 14.5 Å². The molecule has 168 valence electrons. The van der Waals surface area contributed by atoms with E-state index in [9.17, 15) is 19.1 Å². The van der Waals surface area contributed by atoms with Gasteiger partial charge in [-0.1, -0.05) is 42.0 Å². The number of benzene rings is 3. The molecule has 0 radical (unpaired) electrons. The Bertz CT molecular complexity index is 1230. The van der Waals surface area contributed by atoms with Gasteiger partial charge in [0.1, 0.15) is 17.3 Å². The number of aliphatic hydroxyl groups excluding tert-OH is 1. The van der Waals surface area contributed by atoms with Gasteiger partial charge < -0.3 is 9.84 Å². The molecule has 1 saturated heterocycles. The van der Waals surface area contributed by atoms with Crippen LogP contribution in [0.4, 0.5) is 10.1 Å². The first-order valence-corrected chi connectivity index (χ1v) is 10.7. The summed E-state index contributed by atoms with van der Waals surface area (Å²) in [5.74, 6) is -1.79. The summed E-state index contributed by atoms with van der Waals surface area (Å²) in [6, 6.07) is 18.5. The van der Waals surface area contributed by atoms with Crippen LogP contribution in [0.5, 0.6) is 5.75 Å². The molecule has 1 heterocycles. The van der Waals surface area contributed by atoms with Gasteiger partial charge in [0.05, 0.1) is 17.7 Å². The number of ketones is 1. The fraction of sp³-hybridized carbons (Fsp3) is 0.185. The molecule has 0 aromatic heterocycles. The monoisotopic (exact) mass is 445 g/mol. The Balaban J connectivity index is 1.90. The number of amides is 1. The van der Waals surface area contributed by atoms with E-state index in [1.54, 1.807) is 36.4 Å². The molecule has 1 unspecified atom stereocenters. The number of anilines is 1. The highest BCUT2D eigenvalue weighted by atomic mass is 19.1. The number of Topliss-reactive ketones (excluding diaryl/α,β-unsaturated/α-hetero) is 1. The molecule has 1 N–H and O–H groups in total. The van der Waals surface area contributed by atoms with E-state index in [4.69, 9.17) is 4.74 Å². The zero-order valence-corrected chi connectivity index (χ0v) is 18.6. The molecule has 6 heteroatoms. The molecule has 3 aromatic rings. The molecule has 0 bridgehead atoms. The molecule has 1 aliphatic rings.